The molecule has 0 spiro atoms. The van der Waals surface area contributed by atoms with Crippen molar-refractivity contribution in [1.29, 1.82) is 0 Å². The fraction of sp³-hybridized carbons (Fsp3) is 0.263. The van der Waals surface area contributed by atoms with Crippen LogP contribution in [0.5, 0.6) is 5.75 Å². The smallest absolute Gasteiger partial charge is 0.244 e. The SMILES string of the molecule is COc1ccc(CC(=O)N/N=C(\C)c2ccc(C)cc2C)cc1. The second-order valence-electron chi connectivity index (χ2n) is 5.58. The third kappa shape index (κ3) is 4.68. The van der Waals surface area contributed by atoms with E-state index in [1.807, 2.05) is 50.2 Å². The molecule has 4 heteroatoms. The van der Waals surface area contributed by atoms with Crippen molar-refractivity contribution in [3.05, 3.63) is 64.7 Å². The Bertz CT molecular complexity index is 719. The van der Waals surface area contributed by atoms with E-state index in [9.17, 15) is 4.79 Å². The van der Waals surface area contributed by atoms with Crippen molar-refractivity contribution in [2.75, 3.05) is 7.11 Å². The molecular formula is C19H22N2O2. The summed E-state index contributed by atoms with van der Waals surface area (Å²) in [6.07, 6.45) is 0.285. The molecule has 0 atom stereocenters. The van der Waals surface area contributed by atoms with Crippen molar-refractivity contribution in [2.45, 2.75) is 27.2 Å². The van der Waals surface area contributed by atoms with Gasteiger partial charge in [-0.1, -0.05) is 35.9 Å². The summed E-state index contributed by atoms with van der Waals surface area (Å²) in [5.74, 6) is 0.636. The maximum Gasteiger partial charge on any atom is 0.244 e. The highest BCUT2D eigenvalue weighted by atomic mass is 16.5. The number of carbonyl (C=O) groups excluding carboxylic acids is 1. The van der Waals surface area contributed by atoms with E-state index in [1.54, 1.807) is 7.11 Å². The zero-order valence-electron chi connectivity index (χ0n) is 14.0. The second-order valence-corrected chi connectivity index (χ2v) is 5.58. The van der Waals surface area contributed by atoms with Crippen LogP contribution in [0, 0.1) is 13.8 Å². The molecule has 2 aromatic rings. The minimum Gasteiger partial charge on any atom is -0.497 e. The molecule has 0 bridgehead atoms. The number of rotatable bonds is 5. The number of nitrogens with zero attached hydrogens (tertiary/aromatic N) is 1. The molecule has 0 aromatic heterocycles. The number of aryl methyl sites for hydroxylation is 2. The minimum absolute atomic E-state index is 0.140. The predicted molar refractivity (Wildman–Crippen MR) is 93.0 cm³/mol. The monoisotopic (exact) mass is 310 g/mol. The summed E-state index contributed by atoms with van der Waals surface area (Å²) < 4.78 is 5.10. The number of hydrazone groups is 1. The van der Waals surface area contributed by atoms with Crippen molar-refractivity contribution in [2.24, 2.45) is 5.10 Å². The molecule has 0 aliphatic heterocycles. The van der Waals surface area contributed by atoms with Crippen molar-refractivity contribution in [3.8, 4) is 5.75 Å². The first-order chi connectivity index (χ1) is 11.0. The van der Waals surface area contributed by atoms with E-state index in [4.69, 9.17) is 4.74 Å². The number of amides is 1. The lowest BCUT2D eigenvalue weighted by Crippen LogP contribution is -2.21. The van der Waals surface area contributed by atoms with Gasteiger partial charge in [0.2, 0.25) is 5.91 Å². The Balaban J connectivity index is 1.99. The van der Waals surface area contributed by atoms with Gasteiger partial charge in [-0.2, -0.15) is 5.10 Å². The van der Waals surface area contributed by atoms with Crippen LogP contribution in [0.2, 0.25) is 0 Å². The molecule has 23 heavy (non-hydrogen) atoms. The van der Waals surface area contributed by atoms with Gasteiger partial charge in [-0.3, -0.25) is 4.79 Å². The van der Waals surface area contributed by atoms with Crippen LogP contribution < -0.4 is 10.2 Å². The van der Waals surface area contributed by atoms with E-state index in [0.29, 0.717) is 0 Å². The molecule has 0 saturated heterocycles. The summed E-state index contributed by atoms with van der Waals surface area (Å²) >= 11 is 0. The Morgan fingerprint density at radius 1 is 1.13 bits per heavy atom. The van der Waals surface area contributed by atoms with Gasteiger partial charge in [-0.25, -0.2) is 5.43 Å². The van der Waals surface area contributed by atoms with Crippen LogP contribution in [-0.4, -0.2) is 18.7 Å². The number of hydrogen-bond donors (Lipinski definition) is 1. The first-order valence-corrected chi connectivity index (χ1v) is 7.53. The highest BCUT2D eigenvalue weighted by molar-refractivity contribution is 6.00. The summed E-state index contributed by atoms with van der Waals surface area (Å²) in [4.78, 5) is 12.0. The van der Waals surface area contributed by atoms with Crippen LogP contribution in [0.25, 0.3) is 0 Å². The van der Waals surface area contributed by atoms with Gasteiger partial charge < -0.3 is 4.74 Å². The highest BCUT2D eigenvalue weighted by Gasteiger charge is 2.05. The van der Waals surface area contributed by atoms with Crippen LogP contribution >= 0.6 is 0 Å². The predicted octanol–water partition coefficient (Wildman–Crippen LogP) is 3.39. The first-order valence-electron chi connectivity index (χ1n) is 7.53. The molecule has 1 N–H and O–H groups in total. The molecule has 4 nitrogen and oxygen atoms in total. The van der Waals surface area contributed by atoms with Crippen LogP contribution in [0.15, 0.2) is 47.6 Å². The molecule has 1 amide bonds. The average molecular weight is 310 g/mol. The normalized spacial score (nSPS) is 11.2. The second kappa shape index (κ2) is 7.58. The third-order valence-electron chi connectivity index (χ3n) is 3.64. The molecule has 0 saturated carbocycles. The molecule has 120 valence electrons. The topological polar surface area (TPSA) is 50.7 Å². The van der Waals surface area contributed by atoms with E-state index in [0.717, 1.165) is 28.2 Å². The maximum atomic E-state index is 12.0. The fourth-order valence-electron chi connectivity index (χ4n) is 2.39. The summed E-state index contributed by atoms with van der Waals surface area (Å²) in [5.41, 5.74) is 7.74. The summed E-state index contributed by atoms with van der Waals surface area (Å²) in [6, 6.07) is 13.6. The van der Waals surface area contributed by atoms with Crippen molar-refractivity contribution >= 4 is 11.6 Å². The number of carbonyl (C=O) groups is 1. The van der Waals surface area contributed by atoms with Gasteiger partial charge in [-0.05, 0) is 44.0 Å². The van der Waals surface area contributed by atoms with Gasteiger partial charge in [-0.15, -0.1) is 0 Å². The van der Waals surface area contributed by atoms with Gasteiger partial charge >= 0.3 is 0 Å². The Labute approximate surface area is 137 Å². The Morgan fingerprint density at radius 2 is 1.83 bits per heavy atom. The van der Waals surface area contributed by atoms with Gasteiger partial charge in [0.15, 0.2) is 0 Å². The molecule has 0 aliphatic rings. The zero-order valence-corrected chi connectivity index (χ0v) is 14.0. The van der Waals surface area contributed by atoms with Gasteiger partial charge in [0, 0.05) is 5.56 Å². The van der Waals surface area contributed by atoms with Crippen molar-refractivity contribution < 1.29 is 9.53 Å². The highest BCUT2D eigenvalue weighted by Crippen LogP contribution is 2.12. The zero-order chi connectivity index (χ0) is 16.8. The number of benzene rings is 2. The largest absolute Gasteiger partial charge is 0.497 e. The lowest BCUT2D eigenvalue weighted by Gasteiger charge is -2.07. The van der Waals surface area contributed by atoms with Gasteiger partial charge in [0.1, 0.15) is 5.75 Å². The molecule has 2 rings (SSSR count). The number of hydrogen-bond acceptors (Lipinski definition) is 3. The Morgan fingerprint density at radius 3 is 2.43 bits per heavy atom. The van der Waals surface area contributed by atoms with E-state index in [-0.39, 0.29) is 12.3 Å². The van der Waals surface area contributed by atoms with E-state index in [1.165, 1.54) is 5.56 Å². The third-order valence-corrected chi connectivity index (χ3v) is 3.64. The van der Waals surface area contributed by atoms with Crippen molar-refractivity contribution in [1.82, 2.24) is 5.43 Å². The van der Waals surface area contributed by atoms with Crippen molar-refractivity contribution in [3.63, 3.8) is 0 Å². The molecule has 0 radical (unpaired) electrons. The quantitative estimate of drug-likeness (QED) is 0.680. The summed E-state index contributed by atoms with van der Waals surface area (Å²) in [5, 5.41) is 4.21. The maximum absolute atomic E-state index is 12.0. The minimum atomic E-state index is -0.140. The number of ether oxygens (including phenoxy) is 1. The number of nitrogens with one attached hydrogen (secondary N) is 1. The molecule has 0 fully saturated rings. The molecule has 0 heterocycles. The van der Waals surface area contributed by atoms with Crippen LogP contribution in [0.1, 0.15) is 29.2 Å². The van der Waals surface area contributed by atoms with Gasteiger partial charge in [0.25, 0.3) is 0 Å². The van der Waals surface area contributed by atoms with E-state index >= 15 is 0 Å². The summed E-state index contributed by atoms with van der Waals surface area (Å²) in [7, 11) is 1.62. The van der Waals surface area contributed by atoms with Crippen LogP contribution in [0.4, 0.5) is 0 Å². The standard InChI is InChI=1S/C19H22N2O2/c1-13-5-10-18(14(2)11-13)15(3)20-21-19(22)12-16-6-8-17(23-4)9-7-16/h5-11H,12H2,1-4H3,(H,21,22)/b20-15+. The molecule has 0 unspecified atom stereocenters. The Kier molecular flexibility index (Phi) is 5.52. The lowest BCUT2D eigenvalue weighted by molar-refractivity contribution is -0.120. The summed E-state index contributed by atoms with van der Waals surface area (Å²) in [6.45, 7) is 5.99. The van der Waals surface area contributed by atoms with Crippen LogP contribution in [-0.2, 0) is 11.2 Å². The van der Waals surface area contributed by atoms with E-state index in [2.05, 4.69) is 23.5 Å². The van der Waals surface area contributed by atoms with E-state index < -0.39 is 0 Å². The first kappa shape index (κ1) is 16.7. The number of methoxy groups -OCH3 is 1. The molecular weight excluding hydrogens is 288 g/mol. The fourth-order valence-corrected chi connectivity index (χ4v) is 2.39. The lowest BCUT2D eigenvalue weighted by atomic mass is 10.0. The van der Waals surface area contributed by atoms with Gasteiger partial charge in [0.05, 0.1) is 19.2 Å². The molecule has 2 aromatic carbocycles. The Hall–Kier alpha value is -2.62. The average Bonchev–Trinajstić information content (AvgIpc) is 2.53. The molecule has 0 aliphatic carbocycles. The van der Waals surface area contributed by atoms with Crippen LogP contribution in [0.3, 0.4) is 0 Å².